The van der Waals surface area contributed by atoms with Crippen LogP contribution in [0.5, 0.6) is 0 Å². The molecule has 0 radical (unpaired) electrons. The van der Waals surface area contributed by atoms with Crippen LogP contribution in [0.1, 0.15) is 16.8 Å². The van der Waals surface area contributed by atoms with Gasteiger partial charge in [0.15, 0.2) is 5.16 Å². The van der Waals surface area contributed by atoms with E-state index in [-0.39, 0.29) is 11.7 Å². The molecule has 0 aliphatic carbocycles. The first kappa shape index (κ1) is 15.3. The lowest BCUT2D eigenvalue weighted by Gasteiger charge is -2.06. The molecule has 0 atom stereocenters. The summed E-state index contributed by atoms with van der Waals surface area (Å²) in [6.45, 7) is 4.41. The Morgan fingerprint density at radius 1 is 1.24 bits per heavy atom. The molecule has 0 unspecified atom stereocenters. The van der Waals surface area contributed by atoms with E-state index in [1.807, 2.05) is 38.1 Å². The van der Waals surface area contributed by atoms with Crippen LogP contribution in [0.25, 0.3) is 0 Å². The molecule has 0 aliphatic heterocycles. The fraction of sp³-hybridized carbons (Fsp3) is 0.267. The maximum absolute atomic E-state index is 11.8. The van der Waals surface area contributed by atoms with E-state index in [1.54, 1.807) is 6.07 Å². The zero-order valence-electron chi connectivity index (χ0n) is 12.1. The molecule has 0 spiro atoms. The largest absolute Gasteiger partial charge is 0.384 e. The molecule has 1 amide bonds. The molecule has 0 saturated heterocycles. The Bertz CT molecular complexity index is 608. The average Bonchev–Trinajstić information content (AvgIpc) is 2.43. The van der Waals surface area contributed by atoms with Crippen LogP contribution in [-0.2, 0) is 11.3 Å². The van der Waals surface area contributed by atoms with Crippen LogP contribution >= 0.6 is 11.8 Å². The number of nitrogens with one attached hydrogen (secondary N) is 1. The van der Waals surface area contributed by atoms with Gasteiger partial charge in [-0.3, -0.25) is 4.79 Å². The van der Waals surface area contributed by atoms with Gasteiger partial charge in [0.1, 0.15) is 5.82 Å². The number of nitrogens with zero attached hydrogens (tertiary/aromatic N) is 2. The molecule has 3 N–H and O–H groups in total. The number of nitrogen functional groups attached to an aromatic ring is 1. The second-order valence-corrected chi connectivity index (χ2v) is 5.71. The van der Waals surface area contributed by atoms with Gasteiger partial charge in [-0.15, -0.1) is 0 Å². The zero-order valence-corrected chi connectivity index (χ0v) is 12.9. The van der Waals surface area contributed by atoms with Gasteiger partial charge < -0.3 is 11.1 Å². The first-order valence-corrected chi connectivity index (χ1v) is 7.58. The standard InChI is InChI=1S/C15H18N4OS/c1-10-3-5-12(6-4-10)8-17-14(20)9-21-15-18-11(2)7-13(16)19-15/h3-7H,8-9H2,1-2H3,(H,17,20)(H2,16,18,19). The number of thioether (sulfide) groups is 1. The number of amides is 1. The lowest BCUT2D eigenvalue weighted by Crippen LogP contribution is -2.24. The number of hydrogen-bond acceptors (Lipinski definition) is 5. The van der Waals surface area contributed by atoms with Crippen molar-refractivity contribution in [3.8, 4) is 0 Å². The quantitative estimate of drug-likeness (QED) is 0.653. The van der Waals surface area contributed by atoms with E-state index in [2.05, 4.69) is 15.3 Å². The van der Waals surface area contributed by atoms with Crippen molar-refractivity contribution in [3.63, 3.8) is 0 Å². The van der Waals surface area contributed by atoms with Crippen molar-refractivity contribution < 1.29 is 4.79 Å². The van der Waals surface area contributed by atoms with Gasteiger partial charge in [0.25, 0.3) is 0 Å². The normalized spacial score (nSPS) is 10.4. The second kappa shape index (κ2) is 7.08. The van der Waals surface area contributed by atoms with Gasteiger partial charge in [-0.05, 0) is 19.4 Å². The minimum absolute atomic E-state index is 0.0516. The Labute approximate surface area is 128 Å². The van der Waals surface area contributed by atoms with E-state index in [9.17, 15) is 4.79 Å². The number of nitrogens with two attached hydrogens (primary N) is 1. The molecule has 2 rings (SSSR count). The molecular weight excluding hydrogens is 284 g/mol. The Kier molecular flexibility index (Phi) is 5.16. The summed E-state index contributed by atoms with van der Waals surface area (Å²) >= 11 is 1.28. The van der Waals surface area contributed by atoms with E-state index in [1.165, 1.54) is 17.3 Å². The topological polar surface area (TPSA) is 80.9 Å². The minimum atomic E-state index is -0.0516. The number of aromatic nitrogens is 2. The zero-order chi connectivity index (χ0) is 15.2. The van der Waals surface area contributed by atoms with E-state index < -0.39 is 0 Å². The summed E-state index contributed by atoms with van der Waals surface area (Å²) < 4.78 is 0. The van der Waals surface area contributed by atoms with Crippen LogP contribution in [0.3, 0.4) is 0 Å². The third-order valence-corrected chi connectivity index (χ3v) is 3.64. The highest BCUT2D eigenvalue weighted by atomic mass is 32.2. The van der Waals surface area contributed by atoms with Crippen molar-refractivity contribution in [2.45, 2.75) is 25.5 Å². The summed E-state index contributed by atoms with van der Waals surface area (Å²) in [6, 6.07) is 9.76. The van der Waals surface area contributed by atoms with Gasteiger partial charge >= 0.3 is 0 Å². The summed E-state index contributed by atoms with van der Waals surface area (Å²) in [5.74, 6) is 0.642. The molecule has 0 aliphatic rings. The van der Waals surface area contributed by atoms with Crippen LogP contribution in [0, 0.1) is 13.8 Å². The van der Waals surface area contributed by atoms with Crippen LogP contribution < -0.4 is 11.1 Å². The fourth-order valence-electron chi connectivity index (χ4n) is 1.72. The Morgan fingerprint density at radius 3 is 2.62 bits per heavy atom. The van der Waals surface area contributed by atoms with Crippen molar-refractivity contribution in [1.29, 1.82) is 0 Å². The summed E-state index contributed by atoms with van der Waals surface area (Å²) in [5, 5.41) is 3.40. The smallest absolute Gasteiger partial charge is 0.230 e. The third kappa shape index (κ3) is 5.07. The summed E-state index contributed by atoms with van der Waals surface area (Å²) in [4.78, 5) is 20.1. The van der Waals surface area contributed by atoms with Crippen LogP contribution in [0.4, 0.5) is 5.82 Å². The molecule has 21 heavy (non-hydrogen) atoms. The van der Waals surface area contributed by atoms with Gasteiger partial charge in [-0.1, -0.05) is 41.6 Å². The molecule has 110 valence electrons. The average molecular weight is 302 g/mol. The predicted octanol–water partition coefficient (Wildman–Crippen LogP) is 2.08. The highest BCUT2D eigenvalue weighted by Gasteiger charge is 2.06. The number of hydrogen-bond donors (Lipinski definition) is 2. The molecule has 1 heterocycles. The Hall–Kier alpha value is -2.08. The third-order valence-electron chi connectivity index (χ3n) is 2.80. The Balaban J connectivity index is 1.80. The highest BCUT2D eigenvalue weighted by Crippen LogP contribution is 2.14. The number of anilines is 1. The van der Waals surface area contributed by atoms with Crippen molar-refractivity contribution >= 4 is 23.5 Å². The molecule has 2 aromatic rings. The maximum atomic E-state index is 11.8. The first-order chi connectivity index (χ1) is 10.0. The van der Waals surface area contributed by atoms with E-state index in [4.69, 9.17) is 5.73 Å². The number of carbonyl (C=O) groups excluding carboxylic acids is 1. The first-order valence-electron chi connectivity index (χ1n) is 6.59. The molecule has 0 bridgehead atoms. The van der Waals surface area contributed by atoms with Crippen molar-refractivity contribution in [2.24, 2.45) is 0 Å². The van der Waals surface area contributed by atoms with Gasteiger partial charge in [-0.2, -0.15) is 0 Å². The fourth-order valence-corrected chi connectivity index (χ4v) is 2.46. The van der Waals surface area contributed by atoms with Crippen LogP contribution in [0.15, 0.2) is 35.5 Å². The molecule has 0 saturated carbocycles. The number of carbonyl (C=O) groups is 1. The molecule has 1 aromatic carbocycles. The van der Waals surface area contributed by atoms with Gasteiger partial charge in [-0.25, -0.2) is 9.97 Å². The van der Waals surface area contributed by atoms with Crippen molar-refractivity contribution in [3.05, 3.63) is 47.2 Å². The monoisotopic (exact) mass is 302 g/mol. The van der Waals surface area contributed by atoms with Gasteiger partial charge in [0.05, 0.1) is 5.75 Å². The van der Waals surface area contributed by atoms with Crippen LogP contribution in [-0.4, -0.2) is 21.6 Å². The van der Waals surface area contributed by atoms with Gasteiger partial charge in [0, 0.05) is 18.3 Å². The molecule has 5 nitrogen and oxygen atoms in total. The van der Waals surface area contributed by atoms with Gasteiger partial charge in [0.2, 0.25) is 5.91 Å². The SMILES string of the molecule is Cc1ccc(CNC(=O)CSc2nc(C)cc(N)n2)cc1. The van der Waals surface area contributed by atoms with E-state index in [0.29, 0.717) is 17.5 Å². The van der Waals surface area contributed by atoms with Crippen molar-refractivity contribution in [1.82, 2.24) is 15.3 Å². The summed E-state index contributed by atoms with van der Waals surface area (Å²) in [6.07, 6.45) is 0. The number of aryl methyl sites for hydroxylation is 2. The minimum Gasteiger partial charge on any atom is -0.384 e. The predicted molar refractivity (Wildman–Crippen MR) is 84.9 cm³/mol. The van der Waals surface area contributed by atoms with E-state index >= 15 is 0 Å². The van der Waals surface area contributed by atoms with Crippen LogP contribution in [0.2, 0.25) is 0 Å². The van der Waals surface area contributed by atoms with E-state index in [0.717, 1.165) is 11.3 Å². The summed E-state index contributed by atoms with van der Waals surface area (Å²) in [5.41, 5.74) is 8.73. The number of rotatable bonds is 5. The second-order valence-electron chi connectivity index (χ2n) is 4.77. The lowest BCUT2D eigenvalue weighted by molar-refractivity contribution is -0.118. The molecular formula is C15H18N4OS. The maximum Gasteiger partial charge on any atom is 0.230 e. The highest BCUT2D eigenvalue weighted by molar-refractivity contribution is 7.99. The molecule has 0 fully saturated rings. The van der Waals surface area contributed by atoms with Crippen molar-refractivity contribution in [2.75, 3.05) is 11.5 Å². The summed E-state index contributed by atoms with van der Waals surface area (Å²) in [7, 11) is 0. The lowest BCUT2D eigenvalue weighted by atomic mass is 10.1. The Morgan fingerprint density at radius 2 is 1.95 bits per heavy atom. The molecule has 6 heteroatoms. The number of benzene rings is 1. The molecule has 1 aromatic heterocycles.